The first-order valence-corrected chi connectivity index (χ1v) is 13.3. The molecule has 1 aliphatic heterocycles. The van der Waals surface area contributed by atoms with E-state index in [2.05, 4.69) is 9.71 Å². The maximum atomic E-state index is 14.9. The van der Waals surface area contributed by atoms with Gasteiger partial charge in [-0.25, -0.2) is 26.9 Å². The predicted octanol–water partition coefficient (Wildman–Crippen LogP) is 0.543. The lowest BCUT2D eigenvalue weighted by molar-refractivity contribution is -0.135. The van der Waals surface area contributed by atoms with Gasteiger partial charge in [0, 0.05) is 0 Å². The van der Waals surface area contributed by atoms with Crippen molar-refractivity contribution in [3.05, 3.63) is 63.7 Å². The summed E-state index contributed by atoms with van der Waals surface area (Å²) in [6.07, 6.45) is -1.37. The van der Waals surface area contributed by atoms with Gasteiger partial charge in [-0.15, -0.1) is 0 Å². The number of amides is 1. The van der Waals surface area contributed by atoms with Gasteiger partial charge >= 0.3 is 0 Å². The summed E-state index contributed by atoms with van der Waals surface area (Å²) in [5, 5.41) is -0.246. The molecule has 1 saturated heterocycles. The molecule has 3 N–H and O–H groups in total. The second kappa shape index (κ2) is 11.6. The molecule has 2 heterocycles. The summed E-state index contributed by atoms with van der Waals surface area (Å²) in [6, 6.07) is 6.11. The lowest BCUT2D eigenvalue weighted by Crippen LogP contribution is -2.43. The maximum absolute atomic E-state index is 14.9. The number of primary amides is 1. The van der Waals surface area contributed by atoms with Gasteiger partial charge in [-0.05, 0) is 36.9 Å². The van der Waals surface area contributed by atoms with E-state index in [0.29, 0.717) is 5.56 Å². The molecule has 0 aliphatic carbocycles. The van der Waals surface area contributed by atoms with Gasteiger partial charge in [-0.2, -0.15) is 0 Å². The van der Waals surface area contributed by atoms with Gasteiger partial charge in [0.25, 0.3) is 11.5 Å². The highest BCUT2D eigenvalue weighted by Gasteiger charge is 2.28. The van der Waals surface area contributed by atoms with E-state index < -0.39 is 51.1 Å². The molecule has 0 bridgehead atoms. The topological polar surface area (TPSA) is 161 Å². The number of hydrogen-bond acceptors (Lipinski definition) is 9. The minimum atomic E-state index is -3.51. The monoisotopic (exact) mass is 568 g/mol. The van der Waals surface area contributed by atoms with E-state index >= 15 is 0 Å². The van der Waals surface area contributed by atoms with E-state index in [-0.39, 0.29) is 54.6 Å². The Morgan fingerprint density at radius 2 is 1.87 bits per heavy atom. The smallest absolute Gasteiger partial charge is 0.284 e. The molecular formula is C24H26F2N4O8S. The van der Waals surface area contributed by atoms with Crippen molar-refractivity contribution in [2.75, 3.05) is 39.7 Å². The summed E-state index contributed by atoms with van der Waals surface area (Å²) >= 11 is 0. The van der Waals surface area contributed by atoms with Crippen LogP contribution in [0.2, 0.25) is 0 Å². The van der Waals surface area contributed by atoms with Crippen LogP contribution in [0.4, 0.5) is 8.78 Å². The Kier molecular flexibility index (Phi) is 8.44. The largest absolute Gasteiger partial charge is 0.494 e. The van der Waals surface area contributed by atoms with Crippen LogP contribution in [-0.4, -0.2) is 75.8 Å². The highest BCUT2D eigenvalue weighted by Crippen LogP contribution is 2.27. The van der Waals surface area contributed by atoms with Crippen molar-refractivity contribution in [1.29, 1.82) is 0 Å². The molecule has 39 heavy (non-hydrogen) atoms. The first-order chi connectivity index (χ1) is 18.5. The van der Waals surface area contributed by atoms with Crippen molar-refractivity contribution < 1.29 is 40.9 Å². The minimum Gasteiger partial charge on any atom is -0.494 e. The Hall–Kier alpha value is -3.66. The molecule has 0 saturated carbocycles. The molecule has 2 atom stereocenters. The molecule has 0 spiro atoms. The summed E-state index contributed by atoms with van der Waals surface area (Å²) in [6.45, 7) is -0.543. The van der Waals surface area contributed by atoms with Crippen molar-refractivity contribution in [3.8, 4) is 11.5 Å². The fourth-order valence-corrected chi connectivity index (χ4v) is 4.84. The molecule has 1 amide bonds. The summed E-state index contributed by atoms with van der Waals surface area (Å²) in [7, 11) is -0.939. The van der Waals surface area contributed by atoms with E-state index in [4.69, 9.17) is 24.7 Å². The number of halogens is 2. The van der Waals surface area contributed by atoms with Gasteiger partial charge in [-0.3, -0.25) is 14.2 Å². The molecule has 12 nitrogen and oxygen atoms in total. The Labute approximate surface area is 221 Å². The summed E-state index contributed by atoms with van der Waals surface area (Å²) < 4.78 is 77.1. The lowest BCUT2D eigenvalue weighted by atomic mass is 10.1. The summed E-state index contributed by atoms with van der Waals surface area (Å²) in [4.78, 5) is 29.9. The van der Waals surface area contributed by atoms with Crippen molar-refractivity contribution in [3.63, 3.8) is 0 Å². The number of ether oxygens (including phenoxy) is 4. The first-order valence-electron chi connectivity index (χ1n) is 11.7. The standard InChI is InChI=1S/C24H26F2N4O8S/c1-28-39(33,34)12-15-11-36-14(9-37-15)10-38-21-17(26)5-6-18-20(21)24(32)30(23(29-18)22(27)31)8-13-3-4-16(25)19(7-13)35-2/h3-7,14-15,28H,8-12H2,1-2H3,(H2,27,31). The molecule has 1 aromatic heterocycles. The van der Waals surface area contributed by atoms with Crippen molar-refractivity contribution in [1.82, 2.24) is 14.3 Å². The van der Waals surface area contributed by atoms with Crippen molar-refractivity contribution in [2.45, 2.75) is 18.8 Å². The fourth-order valence-electron chi connectivity index (χ4n) is 3.99. The maximum Gasteiger partial charge on any atom is 0.284 e. The second-order valence-corrected chi connectivity index (χ2v) is 10.6. The van der Waals surface area contributed by atoms with Gasteiger partial charge in [0.1, 0.15) is 18.1 Å². The fraction of sp³-hybridized carbons (Fsp3) is 0.375. The molecule has 1 aliphatic rings. The lowest BCUT2D eigenvalue weighted by Gasteiger charge is -2.29. The zero-order valence-electron chi connectivity index (χ0n) is 21.0. The van der Waals surface area contributed by atoms with Crippen LogP contribution in [0.5, 0.6) is 11.5 Å². The molecular weight excluding hydrogens is 542 g/mol. The Balaban J connectivity index is 1.62. The third-order valence-corrected chi connectivity index (χ3v) is 7.40. The van der Waals surface area contributed by atoms with Gasteiger partial charge < -0.3 is 24.7 Å². The average molecular weight is 569 g/mol. The first kappa shape index (κ1) is 28.4. The van der Waals surface area contributed by atoms with Gasteiger partial charge in [0.2, 0.25) is 15.8 Å². The number of nitrogens with one attached hydrogen (secondary N) is 1. The molecule has 15 heteroatoms. The highest BCUT2D eigenvalue weighted by atomic mass is 32.2. The third-order valence-electron chi connectivity index (χ3n) is 5.97. The Morgan fingerprint density at radius 3 is 2.51 bits per heavy atom. The Morgan fingerprint density at radius 1 is 1.18 bits per heavy atom. The molecule has 3 aromatic rings. The van der Waals surface area contributed by atoms with Crippen LogP contribution < -0.4 is 25.5 Å². The quantitative estimate of drug-likeness (QED) is 0.356. The van der Waals surface area contributed by atoms with Crippen LogP contribution >= 0.6 is 0 Å². The third kappa shape index (κ3) is 6.33. The van der Waals surface area contributed by atoms with Crippen LogP contribution in [0.15, 0.2) is 35.1 Å². The van der Waals surface area contributed by atoms with E-state index in [1.54, 1.807) is 0 Å². The minimum absolute atomic E-state index is 0.0308. The number of rotatable bonds is 10. The summed E-state index contributed by atoms with van der Waals surface area (Å²) in [5.41, 5.74) is 5.01. The van der Waals surface area contributed by atoms with Gasteiger partial charge in [0.05, 0.1) is 44.2 Å². The second-order valence-electron chi connectivity index (χ2n) is 8.64. The van der Waals surface area contributed by atoms with E-state index in [9.17, 15) is 26.8 Å². The molecule has 210 valence electrons. The Bertz CT molecular complexity index is 1560. The number of methoxy groups -OCH3 is 1. The van der Waals surface area contributed by atoms with Crippen LogP contribution in [0.1, 0.15) is 16.2 Å². The van der Waals surface area contributed by atoms with Crippen molar-refractivity contribution in [2.24, 2.45) is 5.73 Å². The summed E-state index contributed by atoms with van der Waals surface area (Å²) in [5.74, 6) is -3.67. The number of carbonyl (C=O) groups is 1. The number of aromatic nitrogens is 2. The SMILES string of the molecule is CNS(=O)(=O)CC1COC(COc2c(F)ccc3nc(C(N)=O)n(Cc4ccc(F)c(OC)c4)c(=O)c23)CO1. The number of hydrogen-bond donors (Lipinski definition) is 2. The zero-order valence-corrected chi connectivity index (χ0v) is 21.8. The number of benzene rings is 2. The molecule has 2 unspecified atom stereocenters. The number of nitrogens with zero attached hydrogens (tertiary/aromatic N) is 2. The zero-order chi connectivity index (χ0) is 28.3. The van der Waals surface area contributed by atoms with Gasteiger partial charge in [-0.1, -0.05) is 6.07 Å². The van der Waals surface area contributed by atoms with Crippen molar-refractivity contribution >= 4 is 26.8 Å². The van der Waals surface area contributed by atoms with Crippen LogP contribution in [0.25, 0.3) is 10.9 Å². The normalized spacial score (nSPS) is 17.7. The highest BCUT2D eigenvalue weighted by molar-refractivity contribution is 7.89. The number of nitrogens with two attached hydrogens (primary N) is 1. The van der Waals surface area contributed by atoms with Crippen LogP contribution in [-0.2, 0) is 26.0 Å². The molecule has 1 fully saturated rings. The van der Waals surface area contributed by atoms with E-state index in [1.165, 1.54) is 32.4 Å². The van der Waals surface area contributed by atoms with Crippen LogP contribution in [0, 0.1) is 11.6 Å². The molecule has 4 rings (SSSR count). The predicted molar refractivity (Wildman–Crippen MR) is 134 cm³/mol. The average Bonchev–Trinajstić information content (AvgIpc) is 2.91. The molecule has 0 radical (unpaired) electrons. The number of carbonyl (C=O) groups excluding carboxylic acids is 1. The van der Waals surface area contributed by atoms with Crippen LogP contribution in [0.3, 0.4) is 0 Å². The van der Waals surface area contributed by atoms with Gasteiger partial charge in [0.15, 0.2) is 23.1 Å². The van der Waals surface area contributed by atoms with E-state index in [0.717, 1.165) is 16.7 Å². The number of sulfonamides is 1. The number of fused-ring (bicyclic) bond motifs is 1. The molecule has 2 aromatic carbocycles. The van der Waals surface area contributed by atoms with E-state index in [1.807, 2.05) is 0 Å².